The number of benzene rings is 3. The van der Waals surface area contributed by atoms with E-state index in [1.165, 1.54) is 40.7 Å². The molecule has 11 heteroatoms. The van der Waals surface area contributed by atoms with Gasteiger partial charge in [0, 0.05) is 12.1 Å². The Morgan fingerprint density at radius 1 is 1.08 bits per heavy atom. The maximum atomic E-state index is 13.4. The molecule has 0 bridgehead atoms. The number of nitrogens with one attached hydrogen (secondary N) is 1. The van der Waals surface area contributed by atoms with Crippen LogP contribution in [0.3, 0.4) is 0 Å². The third kappa shape index (κ3) is 5.17. The molecule has 0 saturated heterocycles. The number of nitro groups is 1. The van der Waals surface area contributed by atoms with Crippen molar-refractivity contribution < 1.29 is 27.7 Å². The standard InChI is InChI=1S/C26H25N3O7S/c1-16-11-22(24(29(32)33)12-17(16)2)27-25(30)15-36-26(31)20-8-6-9-21(14-20)37(34,35)28-18(3)13-19-7-4-5-10-23(19)28/h4-12,14,18H,13,15H2,1-3H3,(H,27,30). The van der Waals surface area contributed by atoms with Gasteiger partial charge in [0.25, 0.3) is 21.6 Å². The van der Waals surface area contributed by atoms with E-state index in [4.69, 9.17) is 4.74 Å². The molecule has 3 aromatic carbocycles. The Kier molecular flexibility index (Phi) is 6.99. The van der Waals surface area contributed by atoms with Crippen LogP contribution in [0.15, 0.2) is 65.6 Å². The topological polar surface area (TPSA) is 136 Å². The second kappa shape index (κ2) is 10.0. The molecule has 0 saturated carbocycles. The maximum Gasteiger partial charge on any atom is 0.338 e. The van der Waals surface area contributed by atoms with Crippen LogP contribution in [0.5, 0.6) is 0 Å². The van der Waals surface area contributed by atoms with Crippen LogP contribution in [0, 0.1) is 24.0 Å². The first-order valence-electron chi connectivity index (χ1n) is 11.4. The normalized spacial score (nSPS) is 14.7. The van der Waals surface area contributed by atoms with Gasteiger partial charge in [0.05, 0.1) is 21.1 Å². The second-order valence-corrected chi connectivity index (χ2v) is 10.7. The van der Waals surface area contributed by atoms with Gasteiger partial charge in [-0.15, -0.1) is 0 Å². The average molecular weight is 524 g/mol. The van der Waals surface area contributed by atoms with Crippen molar-refractivity contribution in [3.63, 3.8) is 0 Å². The van der Waals surface area contributed by atoms with Crippen molar-refractivity contribution in [2.24, 2.45) is 0 Å². The number of hydrogen-bond donors (Lipinski definition) is 1. The summed E-state index contributed by atoms with van der Waals surface area (Å²) in [5.74, 6) is -1.68. The van der Waals surface area contributed by atoms with E-state index in [1.54, 1.807) is 26.0 Å². The molecule has 0 spiro atoms. The van der Waals surface area contributed by atoms with E-state index in [2.05, 4.69) is 5.32 Å². The quantitative estimate of drug-likeness (QED) is 0.279. The number of amides is 1. The summed E-state index contributed by atoms with van der Waals surface area (Å²) in [5, 5.41) is 13.7. The van der Waals surface area contributed by atoms with Gasteiger partial charge in [0.2, 0.25) is 0 Å². The van der Waals surface area contributed by atoms with E-state index in [1.807, 2.05) is 19.1 Å². The smallest absolute Gasteiger partial charge is 0.338 e. The summed E-state index contributed by atoms with van der Waals surface area (Å²) in [6.45, 7) is 4.56. The van der Waals surface area contributed by atoms with Crippen LogP contribution in [0.1, 0.15) is 34.0 Å². The summed E-state index contributed by atoms with van der Waals surface area (Å²) in [6.07, 6.45) is 0.574. The molecule has 1 aliphatic rings. The molecule has 1 atom stereocenters. The van der Waals surface area contributed by atoms with Gasteiger partial charge in [-0.25, -0.2) is 13.2 Å². The fraction of sp³-hybridized carbons (Fsp3) is 0.231. The van der Waals surface area contributed by atoms with Crippen LogP contribution in [-0.2, 0) is 26.0 Å². The van der Waals surface area contributed by atoms with Gasteiger partial charge in [-0.1, -0.05) is 24.3 Å². The van der Waals surface area contributed by atoms with Crippen molar-refractivity contribution in [2.45, 2.75) is 38.1 Å². The van der Waals surface area contributed by atoms with Gasteiger partial charge in [0.1, 0.15) is 5.69 Å². The highest BCUT2D eigenvalue weighted by molar-refractivity contribution is 7.92. The zero-order valence-corrected chi connectivity index (χ0v) is 21.2. The van der Waals surface area contributed by atoms with E-state index >= 15 is 0 Å². The molecule has 192 valence electrons. The lowest BCUT2D eigenvalue weighted by Gasteiger charge is -2.24. The molecule has 0 aliphatic carbocycles. The van der Waals surface area contributed by atoms with Crippen LogP contribution in [-0.4, -0.2) is 37.9 Å². The predicted molar refractivity (Wildman–Crippen MR) is 137 cm³/mol. The fourth-order valence-electron chi connectivity index (χ4n) is 4.25. The second-order valence-electron chi connectivity index (χ2n) is 8.85. The summed E-state index contributed by atoms with van der Waals surface area (Å²) < 4.78 is 33.3. The Morgan fingerprint density at radius 3 is 2.51 bits per heavy atom. The number of aryl methyl sites for hydroxylation is 2. The lowest BCUT2D eigenvalue weighted by atomic mass is 10.1. The average Bonchev–Trinajstić information content (AvgIpc) is 3.21. The molecule has 1 aliphatic heterocycles. The van der Waals surface area contributed by atoms with E-state index in [9.17, 15) is 28.1 Å². The van der Waals surface area contributed by atoms with E-state index in [0.29, 0.717) is 17.7 Å². The minimum atomic E-state index is -3.97. The molecule has 1 amide bonds. The fourth-order valence-corrected chi connectivity index (χ4v) is 5.99. The van der Waals surface area contributed by atoms with Gasteiger partial charge >= 0.3 is 5.97 Å². The van der Waals surface area contributed by atoms with E-state index in [-0.39, 0.29) is 27.9 Å². The number of nitrogens with zero attached hydrogens (tertiary/aromatic N) is 2. The van der Waals surface area contributed by atoms with Gasteiger partial charge < -0.3 is 10.1 Å². The van der Waals surface area contributed by atoms with Crippen LogP contribution in [0.25, 0.3) is 0 Å². The zero-order chi connectivity index (χ0) is 26.9. The highest BCUT2D eigenvalue weighted by atomic mass is 32.2. The number of carbonyl (C=O) groups excluding carboxylic acids is 2. The van der Waals surface area contributed by atoms with Crippen molar-refractivity contribution in [1.82, 2.24) is 0 Å². The minimum absolute atomic E-state index is 0.0118. The molecule has 1 heterocycles. The van der Waals surface area contributed by atoms with Gasteiger partial charge in [-0.3, -0.25) is 19.2 Å². The van der Waals surface area contributed by atoms with Gasteiger partial charge in [-0.2, -0.15) is 0 Å². The van der Waals surface area contributed by atoms with E-state index < -0.39 is 33.4 Å². The molecule has 4 rings (SSSR count). The summed E-state index contributed by atoms with van der Waals surface area (Å²) >= 11 is 0. The van der Waals surface area contributed by atoms with E-state index in [0.717, 1.165) is 11.1 Å². The van der Waals surface area contributed by atoms with Crippen LogP contribution in [0.2, 0.25) is 0 Å². The molecule has 0 fully saturated rings. The number of rotatable bonds is 7. The highest BCUT2D eigenvalue weighted by Gasteiger charge is 2.36. The first-order chi connectivity index (χ1) is 17.5. The maximum absolute atomic E-state index is 13.4. The summed E-state index contributed by atoms with van der Waals surface area (Å²) in [6, 6.07) is 15.2. The Hall–Kier alpha value is -4.25. The molecule has 3 aromatic rings. The largest absolute Gasteiger partial charge is 0.452 e. The lowest BCUT2D eigenvalue weighted by Crippen LogP contribution is -2.35. The lowest BCUT2D eigenvalue weighted by molar-refractivity contribution is -0.384. The number of hydrogen-bond acceptors (Lipinski definition) is 7. The number of nitro benzene ring substituents is 1. The van der Waals surface area contributed by atoms with Crippen molar-refractivity contribution in [3.05, 3.63) is 93.0 Å². The minimum Gasteiger partial charge on any atom is -0.452 e. The Labute approximate surface area is 214 Å². The third-order valence-corrected chi connectivity index (χ3v) is 8.11. The SMILES string of the molecule is Cc1cc(NC(=O)COC(=O)c2cccc(S(=O)(=O)N3c4ccccc4CC3C)c2)c([N+](=O)[O-])cc1C. The summed E-state index contributed by atoms with van der Waals surface area (Å²) in [4.78, 5) is 35.6. The molecule has 0 radical (unpaired) electrons. The number of esters is 1. The first-order valence-corrected chi connectivity index (χ1v) is 12.9. The van der Waals surface area contributed by atoms with Crippen LogP contribution >= 0.6 is 0 Å². The molecular formula is C26H25N3O7S. The van der Waals surface area contributed by atoms with Gasteiger partial charge in [-0.05, 0) is 74.2 Å². The Bertz CT molecular complexity index is 1520. The summed E-state index contributed by atoms with van der Waals surface area (Å²) in [5.41, 5.74) is 2.61. The molecule has 0 aromatic heterocycles. The first kappa shape index (κ1) is 25.8. The number of para-hydroxylation sites is 1. The number of sulfonamides is 1. The van der Waals surface area contributed by atoms with Crippen molar-refractivity contribution in [1.29, 1.82) is 0 Å². The molecular weight excluding hydrogens is 498 g/mol. The number of anilines is 2. The Morgan fingerprint density at radius 2 is 1.78 bits per heavy atom. The molecule has 37 heavy (non-hydrogen) atoms. The molecule has 10 nitrogen and oxygen atoms in total. The van der Waals surface area contributed by atoms with Crippen molar-refractivity contribution in [2.75, 3.05) is 16.2 Å². The summed E-state index contributed by atoms with van der Waals surface area (Å²) in [7, 11) is -3.97. The highest BCUT2D eigenvalue weighted by Crippen LogP contribution is 2.36. The monoisotopic (exact) mass is 523 g/mol. The van der Waals surface area contributed by atoms with Crippen molar-refractivity contribution >= 4 is 39.0 Å². The zero-order valence-electron chi connectivity index (χ0n) is 20.4. The molecule has 1 N–H and O–H groups in total. The molecule has 1 unspecified atom stereocenters. The Balaban J connectivity index is 1.48. The van der Waals surface area contributed by atoms with Crippen LogP contribution in [0.4, 0.5) is 17.1 Å². The number of fused-ring (bicyclic) bond motifs is 1. The van der Waals surface area contributed by atoms with Crippen molar-refractivity contribution in [3.8, 4) is 0 Å². The van der Waals surface area contributed by atoms with Crippen LogP contribution < -0.4 is 9.62 Å². The third-order valence-electron chi connectivity index (χ3n) is 6.19. The van der Waals surface area contributed by atoms with Gasteiger partial charge in [0.15, 0.2) is 6.61 Å². The number of carbonyl (C=O) groups is 2. The number of ether oxygens (including phenoxy) is 1. The predicted octanol–water partition coefficient (Wildman–Crippen LogP) is 4.15.